The molecule has 0 aliphatic heterocycles. The zero-order valence-corrected chi connectivity index (χ0v) is 24.8. The van der Waals surface area contributed by atoms with Crippen LogP contribution in [0.4, 0.5) is 0 Å². The second-order valence-electron chi connectivity index (χ2n) is 8.65. The lowest BCUT2D eigenvalue weighted by molar-refractivity contribution is 0.0954. The van der Waals surface area contributed by atoms with Gasteiger partial charge in [0.2, 0.25) is 0 Å². The predicted molar refractivity (Wildman–Crippen MR) is 161 cm³/mol. The minimum atomic E-state index is -0.377. The number of nitrogens with one attached hydrogen (secondary N) is 1. The van der Waals surface area contributed by atoms with Crippen LogP contribution in [0.3, 0.4) is 0 Å². The molecule has 4 aromatic rings. The summed E-state index contributed by atoms with van der Waals surface area (Å²) < 4.78 is 19.4. The first-order valence-corrected chi connectivity index (χ1v) is 14.0. The molecule has 4 aromatic carbocycles. The predicted octanol–water partition coefficient (Wildman–Crippen LogP) is 7.84. The first-order valence-electron chi connectivity index (χ1n) is 12.4. The Morgan fingerprint density at radius 3 is 2.31 bits per heavy atom. The van der Waals surface area contributed by atoms with Crippen molar-refractivity contribution in [2.24, 2.45) is 5.10 Å². The van der Waals surface area contributed by atoms with Crippen molar-refractivity contribution in [3.05, 3.63) is 122 Å². The maximum Gasteiger partial charge on any atom is 0.271 e. The fourth-order valence-corrected chi connectivity index (χ4v) is 5.04. The monoisotopic (exact) mass is 650 g/mol. The highest BCUT2D eigenvalue weighted by molar-refractivity contribution is 9.11. The van der Waals surface area contributed by atoms with Gasteiger partial charge in [0.1, 0.15) is 19.0 Å². The molecule has 200 valence electrons. The number of hydrazone groups is 1. The Balaban J connectivity index is 1.44. The van der Waals surface area contributed by atoms with Gasteiger partial charge in [-0.15, -0.1) is 0 Å². The van der Waals surface area contributed by atoms with E-state index in [1.54, 1.807) is 24.4 Å². The molecular weight excluding hydrogens is 624 g/mol. The van der Waals surface area contributed by atoms with Gasteiger partial charge in [-0.05, 0) is 71.2 Å². The molecule has 0 radical (unpaired) electrons. The number of ether oxygens (including phenoxy) is 3. The molecule has 0 aliphatic rings. The minimum Gasteiger partial charge on any atom is -0.490 e. The Morgan fingerprint density at radius 2 is 1.56 bits per heavy atom. The molecule has 0 heterocycles. The SMILES string of the molecule is CCOc1cc(C(=O)N/N=C/c2cc(Br)cc(Br)c2OCc2ccc(C)cc2)ccc1OCc1ccccc1. The molecule has 0 saturated heterocycles. The van der Waals surface area contributed by atoms with E-state index in [1.165, 1.54) is 5.56 Å². The molecule has 1 amide bonds. The standard InChI is InChI=1S/C31H28Br2N2O4/c1-3-37-29-16-24(13-14-28(29)38-19-22-7-5-4-6-8-22)31(36)35-34-18-25-15-26(32)17-27(33)30(25)39-20-23-11-9-21(2)10-12-23/h4-18H,3,19-20H2,1-2H3,(H,35,36)/b34-18+. The van der Waals surface area contributed by atoms with Gasteiger partial charge in [-0.1, -0.05) is 76.1 Å². The fraction of sp³-hybridized carbons (Fsp3) is 0.161. The van der Waals surface area contributed by atoms with Crippen molar-refractivity contribution >= 4 is 44.0 Å². The fourth-order valence-electron chi connectivity index (χ4n) is 3.67. The van der Waals surface area contributed by atoms with Gasteiger partial charge < -0.3 is 14.2 Å². The Labute approximate surface area is 245 Å². The van der Waals surface area contributed by atoms with Crippen LogP contribution < -0.4 is 19.6 Å². The quantitative estimate of drug-likeness (QED) is 0.133. The first-order chi connectivity index (χ1) is 18.9. The number of rotatable bonds is 11. The van der Waals surface area contributed by atoms with Crippen LogP contribution in [0.5, 0.6) is 17.2 Å². The van der Waals surface area contributed by atoms with Gasteiger partial charge in [0.05, 0.1) is 17.3 Å². The summed E-state index contributed by atoms with van der Waals surface area (Å²) in [6, 6.07) is 26.9. The van der Waals surface area contributed by atoms with E-state index >= 15 is 0 Å². The Morgan fingerprint density at radius 1 is 0.846 bits per heavy atom. The summed E-state index contributed by atoms with van der Waals surface area (Å²) in [7, 11) is 0. The Kier molecular flexibility index (Phi) is 10.2. The van der Waals surface area contributed by atoms with E-state index in [1.807, 2.05) is 80.6 Å². The van der Waals surface area contributed by atoms with E-state index in [-0.39, 0.29) is 5.91 Å². The molecule has 6 nitrogen and oxygen atoms in total. The van der Waals surface area contributed by atoms with E-state index in [4.69, 9.17) is 14.2 Å². The Hall–Kier alpha value is -3.62. The summed E-state index contributed by atoms with van der Waals surface area (Å²) in [5.74, 6) is 1.30. The van der Waals surface area contributed by atoms with Crippen molar-refractivity contribution in [1.82, 2.24) is 5.43 Å². The summed E-state index contributed by atoms with van der Waals surface area (Å²) in [5.41, 5.74) is 6.96. The molecular formula is C31H28Br2N2O4. The number of carbonyl (C=O) groups is 1. The van der Waals surface area contributed by atoms with E-state index in [0.717, 1.165) is 20.1 Å². The second kappa shape index (κ2) is 14.0. The van der Waals surface area contributed by atoms with Crippen LogP contribution in [0.15, 0.2) is 99.0 Å². The van der Waals surface area contributed by atoms with Crippen molar-refractivity contribution in [3.63, 3.8) is 0 Å². The lowest BCUT2D eigenvalue weighted by Gasteiger charge is -2.13. The molecule has 0 aliphatic carbocycles. The number of hydrogen-bond donors (Lipinski definition) is 1. The van der Waals surface area contributed by atoms with E-state index < -0.39 is 0 Å². The number of benzene rings is 4. The lowest BCUT2D eigenvalue weighted by Crippen LogP contribution is -2.18. The van der Waals surface area contributed by atoms with Gasteiger partial charge in [0.25, 0.3) is 5.91 Å². The minimum absolute atomic E-state index is 0.377. The normalized spacial score (nSPS) is 10.9. The average molecular weight is 652 g/mol. The smallest absolute Gasteiger partial charge is 0.271 e. The molecule has 1 N–H and O–H groups in total. The van der Waals surface area contributed by atoms with Crippen LogP contribution in [-0.2, 0) is 13.2 Å². The number of amides is 1. The zero-order valence-electron chi connectivity index (χ0n) is 21.6. The van der Waals surface area contributed by atoms with E-state index in [2.05, 4.69) is 42.4 Å². The van der Waals surface area contributed by atoms with Gasteiger partial charge in [0.15, 0.2) is 11.5 Å². The van der Waals surface area contributed by atoms with Crippen LogP contribution in [0.2, 0.25) is 0 Å². The number of hydrogen-bond acceptors (Lipinski definition) is 5. The number of nitrogens with zero attached hydrogens (tertiary/aromatic N) is 1. The van der Waals surface area contributed by atoms with E-state index in [9.17, 15) is 4.79 Å². The van der Waals surface area contributed by atoms with Gasteiger partial charge in [0, 0.05) is 15.6 Å². The van der Waals surface area contributed by atoms with Crippen molar-refractivity contribution in [2.75, 3.05) is 6.61 Å². The average Bonchev–Trinajstić information content (AvgIpc) is 2.93. The van der Waals surface area contributed by atoms with Crippen LogP contribution in [0, 0.1) is 6.92 Å². The van der Waals surface area contributed by atoms with Crippen molar-refractivity contribution < 1.29 is 19.0 Å². The summed E-state index contributed by atoms with van der Waals surface area (Å²) in [6.07, 6.45) is 1.55. The second-order valence-corrected chi connectivity index (χ2v) is 10.4. The molecule has 0 fully saturated rings. The highest BCUT2D eigenvalue weighted by atomic mass is 79.9. The molecule has 39 heavy (non-hydrogen) atoms. The number of carbonyl (C=O) groups excluding carboxylic acids is 1. The van der Waals surface area contributed by atoms with Gasteiger partial charge in [-0.3, -0.25) is 4.79 Å². The number of aryl methyl sites for hydroxylation is 1. The summed E-state index contributed by atoms with van der Waals surface area (Å²) in [4.78, 5) is 12.9. The third-order valence-corrected chi connectivity index (χ3v) is 6.70. The molecule has 8 heteroatoms. The first kappa shape index (κ1) is 28.4. The molecule has 0 bridgehead atoms. The maximum atomic E-state index is 12.9. The van der Waals surface area contributed by atoms with Crippen LogP contribution in [0.1, 0.15) is 39.5 Å². The van der Waals surface area contributed by atoms with Crippen LogP contribution in [0.25, 0.3) is 0 Å². The topological polar surface area (TPSA) is 69.2 Å². The van der Waals surface area contributed by atoms with Gasteiger partial charge in [-0.25, -0.2) is 5.43 Å². The molecule has 0 unspecified atom stereocenters. The summed E-state index contributed by atoms with van der Waals surface area (Å²) >= 11 is 7.07. The van der Waals surface area contributed by atoms with E-state index in [0.29, 0.717) is 48.2 Å². The Bertz CT molecular complexity index is 1440. The largest absolute Gasteiger partial charge is 0.490 e. The molecule has 0 aromatic heterocycles. The zero-order chi connectivity index (χ0) is 27.6. The summed E-state index contributed by atoms with van der Waals surface area (Å²) in [6.45, 7) is 5.16. The molecule has 0 saturated carbocycles. The van der Waals surface area contributed by atoms with Crippen molar-refractivity contribution in [2.45, 2.75) is 27.1 Å². The van der Waals surface area contributed by atoms with Crippen LogP contribution >= 0.6 is 31.9 Å². The highest BCUT2D eigenvalue weighted by Crippen LogP contribution is 2.33. The summed E-state index contributed by atoms with van der Waals surface area (Å²) in [5, 5.41) is 4.18. The third kappa shape index (κ3) is 8.18. The lowest BCUT2D eigenvalue weighted by atomic mass is 10.1. The van der Waals surface area contributed by atoms with Gasteiger partial charge in [-0.2, -0.15) is 5.10 Å². The van der Waals surface area contributed by atoms with Gasteiger partial charge >= 0.3 is 0 Å². The highest BCUT2D eigenvalue weighted by Gasteiger charge is 2.13. The van der Waals surface area contributed by atoms with Crippen molar-refractivity contribution in [3.8, 4) is 17.2 Å². The third-order valence-electron chi connectivity index (χ3n) is 5.65. The van der Waals surface area contributed by atoms with Crippen molar-refractivity contribution in [1.29, 1.82) is 0 Å². The van der Waals surface area contributed by atoms with Crippen LogP contribution in [-0.4, -0.2) is 18.7 Å². The molecule has 0 atom stereocenters. The molecule has 4 rings (SSSR count). The molecule has 0 spiro atoms. The maximum absolute atomic E-state index is 12.9. The number of halogens is 2.